The van der Waals surface area contributed by atoms with E-state index in [2.05, 4.69) is 0 Å². The summed E-state index contributed by atoms with van der Waals surface area (Å²) in [4.78, 5) is 10.0. The summed E-state index contributed by atoms with van der Waals surface area (Å²) in [6, 6.07) is 9.10. The molecule has 1 aromatic rings. The largest absolute Gasteiger partial charge is 0.377 e. The lowest BCUT2D eigenvalue weighted by Gasteiger charge is -2.09. The van der Waals surface area contributed by atoms with Gasteiger partial charge in [-0.2, -0.15) is 0 Å². The van der Waals surface area contributed by atoms with Gasteiger partial charge in [0.15, 0.2) is 6.29 Å². The van der Waals surface area contributed by atoms with Crippen molar-refractivity contribution < 1.29 is 23.7 Å². The van der Waals surface area contributed by atoms with Crippen LogP contribution >= 0.6 is 0 Å². The molecule has 0 bridgehead atoms. The second-order valence-electron chi connectivity index (χ2n) is 4.23. The number of ether oxygens (including phenoxy) is 4. The summed E-state index contributed by atoms with van der Waals surface area (Å²) in [5.41, 5.74) is 0.729. The fourth-order valence-corrected chi connectivity index (χ4v) is 1.49. The maximum absolute atomic E-state index is 10.0. The molecule has 0 spiro atoms. The zero-order valence-electron chi connectivity index (χ0n) is 13.8. The number of aldehydes is 1. The Bertz CT molecular complexity index is 321. The molecule has 1 fully saturated rings. The van der Waals surface area contributed by atoms with Gasteiger partial charge in [0, 0.05) is 18.8 Å². The van der Waals surface area contributed by atoms with E-state index in [4.69, 9.17) is 18.9 Å². The van der Waals surface area contributed by atoms with E-state index in [1.54, 1.807) is 12.1 Å². The van der Waals surface area contributed by atoms with Gasteiger partial charge in [0.25, 0.3) is 0 Å². The van der Waals surface area contributed by atoms with Crippen LogP contribution in [0, 0.1) is 0 Å². The Labute approximate surface area is 133 Å². The van der Waals surface area contributed by atoms with Crippen LogP contribution in [0.25, 0.3) is 0 Å². The van der Waals surface area contributed by atoms with E-state index in [1.807, 2.05) is 39.0 Å². The molecule has 0 unspecified atom stereocenters. The SMILES string of the molecule is C1COCCO1.CCOC(C)OCC.O=Cc1ccccc1. The van der Waals surface area contributed by atoms with Gasteiger partial charge in [-0.1, -0.05) is 30.3 Å². The molecule has 0 N–H and O–H groups in total. The molecule has 0 atom stereocenters. The van der Waals surface area contributed by atoms with Gasteiger partial charge in [-0.25, -0.2) is 0 Å². The Hall–Kier alpha value is -1.27. The van der Waals surface area contributed by atoms with Crippen LogP contribution in [0.3, 0.4) is 0 Å². The van der Waals surface area contributed by atoms with Crippen LogP contribution in [0.5, 0.6) is 0 Å². The Morgan fingerprint density at radius 1 is 1.00 bits per heavy atom. The molecule has 126 valence electrons. The lowest BCUT2D eigenvalue weighted by Crippen LogP contribution is -2.16. The predicted octanol–water partition coefficient (Wildman–Crippen LogP) is 2.94. The van der Waals surface area contributed by atoms with Gasteiger partial charge in [-0.05, 0) is 20.8 Å². The number of carbonyl (C=O) groups is 1. The number of rotatable bonds is 5. The zero-order chi connectivity index (χ0) is 16.5. The van der Waals surface area contributed by atoms with Crippen molar-refractivity contribution in [2.24, 2.45) is 0 Å². The minimum atomic E-state index is -0.0370. The topological polar surface area (TPSA) is 54.0 Å². The van der Waals surface area contributed by atoms with Crippen molar-refractivity contribution in [3.63, 3.8) is 0 Å². The molecule has 22 heavy (non-hydrogen) atoms. The quantitative estimate of drug-likeness (QED) is 0.618. The fraction of sp³-hybridized carbons (Fsp3) is 0.588. The molecule has 0 aliphatic carbocycles. The van der Waals surface area contributed by atoms with Crippen LogP contribution in [0.15, 0.2) is 30.3 Å². The molecule has 0 amide bonds. The summed E-state index contributed by atoms with van der Waals surface area (Å²) in [7, 11) is 0. The van der Waals surface area contributed by atoms with Crippen LogP contribution in [-0.4, -0.2) is 52.2 Å². The summed E-state index contributed by atoms with van der Waals surface area (Å²) >= 11 is 0. The molecule has 5 heteroatoms. The van der Waals surface area contributed by atoms with Crippen molar-refractivity contribution in [3.8, 4) is 0 Å². The van der Waals surface area contributed by atoms with Gasteiger partial charge in [0.2, 0.25) is 0 Å². The maximum atomic E-state index is 10.0. The van der Waals surface area contributed by atoms with Crippen LogP contribution in [0.4, 0.5) is 0 Å². The van der Waals surface area contributed by atoms with Gasteiger partial charge >= 0.3 is 0 Å². The van der Waals surface area contributed by atoms with Crippen molar-refractivity contribution in [1.29, 1.82) is 0 Å². The molecule has 2 rings (SSSR count). The molecule has 1 saturated heterocycles. The Balaban J connectivity index is 0.000000304. The zero-order valence-corrected chi connectivity index (χ0v) is 13.8. The van der Waals surface area contributed by atoms with Crippen LogP contribution in [0.1, 0.15) is 31.1 Å². The number of benzene rings is 1. The Kier molecular flexibility index (Phi) is 15.2. The molecule has 1 heterocycles. The second-order valence-corrected chi connectivity index (χ2v) is 4.23. The van der Waals surface area contributed by atoms with Gasteiger partial charge in [0.1, 0.15) is 6.29 Å². The lowest BCUT2D eigenvalue weighted by atomic mass is 10.2. The minimum Gasteiger partial charge on any atom is -0.377 e. The van der Waals surface area contributed by atoms with Crippen LogP contribution < -0.4 is 0 Å². The molecule has 1 aliphatic heterocycles. The lowest BCUT2D eigenvalue weighted by molar-refractivity contribution is -0.123. The van der Waals surface area contributed by atoms with Gasteiger partial charge in [-0.15, -0.1) is 0 Å². The van der Waals surface area contributed by atoms with Crippen molar-refractivity contribution in [2.45, 2.75) is 27.1 Å². The first-order valence-electron chi connectivity index (χ1n) is 7.63. The Morgan fingerprint density at radius 2 is 1.45 bits per heavy atom. The highest BCUT2D eigenvalue weighted by Crippen LogP contribution is 1.91. The number of carbonyl (C=O) groups excluding carboxylic acids is 1. The van der Waals surface area contributed by atoms with Gasteiger partial charge < -0.3 is 18.9 Å². The first-order chi connectivity index (χ1) is 10.7. The monoisotopic (exact) mass is 312 g/mol. The third kappa shape index (κ3) is 13.7. The van der Waals surface area contributed by atoms with E-state index in [9.17, 15) is 4.79 Å². The number of hydrogen-bond acceptors (Lipinski definition) is 5. The predicted molar refractivity (Wildman–Crippen MR) is 86.2 cm³/mol. The summed E-state index contributed by atoms with van der Waals surface area (Å²) in [6.45, 7) is 10.4. The van der Waals surface area contributed by atoms with Crippen molar-refractivity contribution >= 4 is 6.29 Å². The molecular weight excluding hydrogens is 284 g/mol. The standard InChI is InChI=1S/C7H6O.C6H14O2.C4H8O2/c8-6-7-4-2-1-3-5-7;1-4-7-6(3)8-5-2;1-2-6-4-3-5-1/h1-6H;6H,4-5H2,1-3H3;1-4H2. The fourth-order valence-electron chi connectivity index (χ4n) is 1.49. The summed E-state index contributed by atoms with van der Waals surface area (Å²) in [5, 5.41) is 0. The molecule has 1 aliphatic rings. The first kappa shape index (κ1) is 20.7. The van der Waals surface area contributed by atoms with Crippen molar-refractivity contribution in [2.75, 3.05) is 39.6 Å². The third-order valence-electron chi connectivity index (χ3n) is 2.48. The second kappa shape index (κ2) is 16.1. The summed E-state index contributed by atoms with van der Waals surface area (Å²) in [6.07, 6.45) is 0.796. The maximum Gasteiger partial charge on any atom is 0.154 e. The molecule has 0 saturated carbocycles. The molecule has 0 aromatic heterocycles. The number of hydrogen-bond donors (Lipinski definition) is 0. The Morgan fingerprint density at radius 3 is 1.73 bits per heavy atom. The van der Waals surface area contributed by atoms with E-state index >= 15 is 0 Å². The molecule has 1 aromatic carbocycles. The highest BCUT2D eigenvalue weighted by molar-refractivity contribution is 5.74. The van der Waals surface area contributed by atoms with Crippen LogP contribution in [0.2, 0.25) is 0 Å². The highest BCUT2D eigenvalue weighted by atomic mass is 16.7. The minimum absolute atomic E-state index is 0.0370. The van der Waals surface area contributed by atoms with Crippen molar-refractivity contribution in [1.82, 2.24) is 0 Å². The average molecular weight is 312 g/mol. The molecule has 5 nitrogen and oxygen atoms in total. The average Bonchev–Trinajstić information content (AvgIpc) is 2.59. The van der Waals surface area contributed by atoms with E-state index < -0.39 is 0 Å². The normalized spacial score (nSPS) is 13.5. The third-order valence-corrected chi connectivity index (χ3v) is 2.48. The van der Waals surface area contributed by atoms with E-state index in [-0.39, 0.29) is 6.29 Å². The smallest absolute Gasteiger partial charge is 0.154 e. The van der Waals surface area contributed by atoms with Crippen molar-refractivity contribution in [3.05, 3.63) is 35.9 Å². The van der Waals surface area contributed by atoms with Gasteiger partial charge in [0.05, 0.1) is 26.4 Å². The van der Waals surface area contributed by atoms with E-state index in [1.165, 1.54) is 0 Å². The van der Waals surface area contributed by atoms with E-state index in [0.717, 1.165) is 51.5 Å². The highest BCUT2D eigenvalue weighted by Gasteiger charge is 1.95. The van der Waals surface area contributed by atoms with E-state index in [0.29, 0.717) is 0 Å². The van der Waals surface area contributed by atoms with Crippen LogP contribution in [-0.2, 0) is 18.9 Å². The molecule has 0 radical (unpaired) electrons. The molecular formula is C17H28O5. The summed E-state index contributed by atoms with van der Waals surface area (Å²) < 4.78 is 20.0. The first-order valence-corrected chi connectivity index (χ1v) is 7.63. The van der Waals surface area contributed by atoms with Gasteiger partial charge in [-0.3, -0.25) is 4.79 Å². The summed E-state index contributed by atoms with van der Waals surface area (Å²) in [5.74, 6) is 0.